The van der Waals surface area contributed by atoms with E-state index in [0.717, 1.165) is 19.4 Å². The maximum atomic E-state index is 5.13. The zero-order valence-corrected chi connectivity index (χ0v) is 5.78. The van der Waals surface area contributed by atoms with Gasteiger partial charge in [-0.1, -0.05) is 0 Å². The Kier molecular flexibility index (Phi) is 1.80. The second-order valence-electron chi connectivity index (χ2n) is 1.87. The zero-order valence-electron chi connectivity index (χ0n) is 4.89. The second-order valence-corrected chi connectivity index (χ2v) is 2.55. The van der Waals surface area contributed by atoms with Crippen molar-refractivity contribution in [3.8, 4) is 0 Å². The molecule has 0 saturated carbocycles. The first-order valence-electron chi connectivity index (χ1n) is 2.68. The fourth-order valence-corrected chi connectivity index (χ4v) is 1.01. The third kappa shape index (κ3) is 1.16. The van der Waals surface area contributed by atoms with Crippen LogP contribution < -0.4 is 0 Å². The molecule has 1 aliphatic rings. The van der Waals surface area contributed by atoms with E-state index in [4.69, 9.17) is 9.47 Å². The predicted molar refractivity (Wildman–Crippen MR) is 33.9 cm³/mol. The maximum absolute atomic E-state index is 5.13. The molecule has 1 saturated heterocycles. The van der Waals surface area contributed by atoms with E-state index in [9.17, 15) is 0 Å². The topological polar surface area (TPSA) is 18.5 Å². The van der Waals surface area contributed by atoms with Crippen molar-refractivity contribution in [3.63, 3.8) is 0 Å². The summed E-state index contributed by atoms with van der Waals surface area (Å²) >= 11 is 4.14. The van der Waals surface area contributed by atoms with Crippen LogP contribution in [-0.2, 0) is 9.47 Å². The molecular weight excluding hydrogens is 124 g/mol. The van der Waals surface area contributed by atoms with E-state index in [1.165, 1.54) is 0 Å². The molecule has 0 aromatic rings. The molecule has 0 aliphatic carbocycles. The molecule has 1 unspecified atom stereocenters. The summed E-state index contributed by atoms with van der Waals surface area (Å²) in [5.74, 6) is 0. The van der Waals surface area contributed by atoms with Crippen LogP contribution in [-0.4, -0.2) is 18.8 Å². The number of rotatable bonds is 1. The lowest BCUT2D eigenvalue weighted by atomic mass is 10.4. The first-order valence-corrected chi connectivity index (χ1v) is 3.13. The van der Waals surface area contributed by atoms with Gasteiger partial charge in [-0.25, -0.2) is 0 Å². The molecule has 0 radical (unpaired) electrons. The Morgan fingerprint density at radius 1 is 1.75 bits per heavy atom. The Morgan fingerprint density at radius 3 is 2.75 bits per heavy atom. The molecular formula is C5H10O2S. The van der Waals surface area contributed by atoms with Crippen molar-refractivity contribution >= 4 is 12.6 Å². The van der Waals surface area contributed by atoms with E-state index < -0.39 is 5.12 Å². The molecule has 0 N–H and O–H groups in total. The van der Waals surface area contributed by atoms with E-state index in [0.29, 0.717) is 0 Å². The lowest BCUT2D eigenvalue weighted by molar-refractivity contribution is -0.118. The molecule has 1 heterocycles. The van der Waals surface area contributed by atoms with Gasteiger partial charge in [0.05, 0.1) is 6.61 Å². The first-order chi connectivity index (χ1) is 3.77. The molecule has 0 aromatic heterocycles. The van der Waals surface area contributed by atoms with Gasteiger partial charge in [-0.3, -0.25) is 0 Å². The van der Waals surface area contributed by atoms with Crippen LogP contribution in [0.1, 0.15) is 12.8 Å². The quantitative estimate of drug-likeness (QED) is 0.426. The largest absolute Gasteiger partial charge is 0.345 e. The van der Waals surface area contributed by atoms with Gasteiger partial charge in [-0.15, -0.1) is 12.6 Å². The number of thiol groups is 1. The summed E-state index contributed by atoms with van der Waals surface area (Å²) in [7, 11) is 1.61. The smallest absolute Gasteiger partial charge is 0.215 e. The van der Waals surface area contributed by atoms with Gasteiger partial charge >= 0.3 is 0 Å². The van der Waals surface area contributed by atoms with Crippen LogP contribution in [0.2, 0.25) is 0 Å². The van der Waals surface area contributed by atoms with Gasteiger partial charge in [0.2, 0.25) is 5.12 Å². The minimum atomic E-state index is -0.569. The zero-order chi connectivity index (χ0) is 6.04. The van der Waals surface area contributed by atoms with Crippen LogP contribution in [0.15, 0.2) is 0 Å². The third-order valence-corrected chi connectivity index (χ3v) is 1.82. The van der Waals surface area contributed by atoms with Gasteiger partial charge in [0.15, 0.2) is 0 Å². The summed E-state index contributed by atoms with van der Waals surface area (Å²) in [6.07, 6.45) is 1.95. The molecule has 1 fully saturated rings. The normalized spacial score (nSPS) is 38.2. The average molecular weight is 134 g/mol. The van der Waals surface area contributed by atoms with Crippen LogP contribution in [0, 0.1) is 0 Å². The predicted octanol–water partition coefficient (Wildman–Crippen LogP) is 1.03. The summed E-state index contributed by atoms with van der Waals surface area (Å²) in [5, 5.41) is -0.569. The van der Waals surface area contributed by atoms with Gasteiger partial charge < -0.3 is 9.47 Å². The van der Waals surface area contributed by atoms with Crippen LogP contribution in [0.4, 0.5) is 0 Å². The van der Waals surface area contributed by atoms with Crippen molar-refractivity contribution in [2.45, 2.75) is 18.0 Å². The van der Waals surface area contributed by atoms with E-state index >= 15 is 0 Å². The van der Waals surface area contributed by atoms with Crippen molar-refractivity contribution < 1.29 is 9.47 Å². The molecule has 0 amide bonds. The summed E-state index contributed by atoms with van der Waals surface area (Å²) in [5.41, 5.74) is 0. The van der Waals surface area contributed by atoms with Crippen LogP contribution in [0.5, 0.6) is 0 Å². The van der Waals surface area contributed by atoms with E-state index in [-0.39, 0.29) is 0 Å². The highest BCUT2D eigenvalue weighted by Gasteiger charge is 2.30. The Morgan fingerprint density at radius 2 is 2.50 bits per heavy atom. The van der Waals surface area contributed by atoms with Crippen molar-refractivity contribution in [1.82, 2.24) is 0 Å². The molecule has 3 heteroatoms. The lowest BCUT2D eigenvalue weighted by Crippen LogP contribution is -2.21. The van der Waals surface area contributed by atoms with Crippen LogP contribution >= 0.6 is 12.6 Å². The summed E-state index contributed by atoms with van der Waals surface area (Å²) in [6, 6.07) is 0. The maximum Gasteiger partial charge on any atom is 0.215 e. The van der Waals surface area contributed by atoms with Crippen LogP contribution in [0.25, 0.3) is 0 Å². The molecule has 8 heavy (non-hydrogen) atoms. The molecule has 48 valence electrons. The monoisotopic (exact) mass is 134 g/mol. The number of ether oxygens (including phenoxy) is 2. The van der Waals surface area contributed by atoms with Gasteiger partial charge in [0.25, 0.3) is 0 Å². The Balaban J connectivity index is 2.40. The standard InChI is InChI=1S/C5H10O2S/c1-6-5(8)3-2-4-7-5/h8H,2-4H2,1H3. The minimum Gasteiger partial charge on any atom is -0.345 e. The van der Waals surface area contributed by atoms with Gasteiger partial charge in [0.1, 0.15) is 0 Å². The SMILES string of the molecule is COC1(S)CCCO1. The number of methoxy groups -OCH3 is 1. The lowest BCUT2D eigenvalue weighted by Gasteiger charge is -2.18. The van der Waals surface area contributed by atoms with E-state index in [1.54, 1.807) is 7.11 Å². The highest BCUT2D eigenvalue weighted by atomic mass is 32.1. The first kappa shape index (κ1) is 6.39. The van der Waals surface area contributed by atoms with Gasteiger partial charge in [-0.05, 0) is 6.42 Å². The molecule has 2 nitrogen and oxygen atoms in total. The summed E-state index contributed by atoms with van der Waals surface area (Å²) < 4.78 is 10.1. The molecule has 1 rings (SSSR count). The summed E-state index contributed by atoms with van der Waals surface area (Å²) in [6.45, 7) is 0.775. The summed E-state index contributed by atoms with van der Waals surface area (Å²) in [4.78, 5) is 0. The fourth-order valence-electron chi connectivity index (χ4n) is 0.760. The highest BCUT2D eigenvalue weighted by Crippen LogP contribution is 2.29. The van der Waals surface area contributed by atoms with E-state index in [2.05, 4.69) is 12.6 Å². The molecule has 1 atom stereocenters. The molecule has 0 aromatic carbocycles. The van der Waals surface area contributed by atoms with Crippen LogP contribution in [0.3, 0.4) is 0 Å². The number of hydrogen-bond acceptors (Lipinski definition) is 3. The number of hydrogen-bond donors (Lipinski definition) is 1. The average Bonchev–Trinajstić information content (AvgIpc) is 2.17. The van der Waals surface area contributed by atoms with Crippen molar-refractivity contribution in [2.24, 2.45) is 0 Å². The Bertz CT molecular complexity index is 78.5. The van der Waals surface area contributed by atoms with Gasteiger partial charge in [-0.2, -0.15) is 0 Å². The van der Waals surface area contributed by atoms with E-state index in [1.807, 2.05) is 0 Å². The van der Waals surface area contributed by atoms with Gasteiger partial charge in [0, 0.05) is 13.5 Å². The minimum absolute atomic E-state index is 0.569. The Hall–Kier alpha value is 0.270. The fraction of sp³-hybridized carbons (Fsp3) is 1.00. The van der Waals surface area contributed by atoms with Crippen molar-refractivity contribution in [2.75, 3.05) is 13.7 Å². The Labute approximate surface area is 54.6 Å². The second kappa shape index (κ2) is 2.25. The van der Waals surface area contributed by atoms with Crippen molar-refractivity contribution in [1.29, 1.82) is 0 Å². The third-order valence-electron chi connectivity index (χ3n) is 1.28. The highest BCUT2D eigenvalue weighted by molar-refractivity contribution is 7.81. The molecule has 0 bridgehead atoms. The van der Waals surface area contributed by atoms with Crippen molar-refractivity contribution in [3.05, 3.63) is 0 Å². The molecule has 0 spiro atoms. The molecule has 1 aliphatic heterocycles.